The fourth-order valence-corrected chi connectivity index (χ4v) is 2.62. The van der Waals surface area contributed by atoms with E-state index < -0.39 is 0 Å². The van der Waals surface area contributed by atoms with E-state index in [1.54, 1.807) is 11.3 Å². The van der Waals surface area contributed by atoms with Gasteiger partial charge in [0.05, 0.1) is 18.9 Å². The van der Waals surface area contributed by atoms with Crippen LogP contribution in [0.2, 0.25) is 0 Å². The van der Waals surface area contributed by atoms with Gasteiger partial charge in [-0.05, 0) is 25.6 Å². The Morgan fingerprint density at radius 2 is 2.10 bits per heavy atom. The minimum Gasteiger partial charge on any atom is -0.374 e. The summed E-state index contributed by atoms with van der Waals surface area (Å²) in [5, 5.41) is 6.66. The number of nitrogens with one attached hydrogen (secondary N) is 1. The zero-order valence-electron chi connectivity index (χ0n) is 13.3. The molecule has 0 aromatic carbocycles. The van der Waals surface area contributed by atoms with Gasteiger partial charge in [0.25, 0.3) is 0 Å². The monoisotopic (exact) mass is 299 g/mol. The molecule has 0 saturated heterocycles. The van der Waals surface area contributed by atoms with Crippen LogP contribution in [0.5, 0.6) is 0 Å². The molecule has 0 atom stereocenters. The molecular formula is C15H29N3OS. The number of rotatable bonds is 11. The second kappa shape index (κ2) is 10.3. The van der Waals surface area contributed by atoms with Crippen molar-refractivity contribution in [3.05, 3.63) is 16.1 Å². The van der Waals surface area contributed by atoms with Crippen molar-refractivity contribution in [2.75, 3.05) is 32.8 Å². The minimum absolute atomic E-state index is 0.627. The molecule has 0 unspecified atom stereocenters. The zero-order chi connectivity index (χ0) is 14.8. The molecule has 0 spiro atoms. The molecule has 5 heteroatoms. The van der Waals surface area contributed by atoms with Crippen LogP contribution in [0.15, 0.2) is 5.38 Å². The number of ether oxygens (including phenoxy) is 1. The third-order valence-corrected chi connectivity index (χ3v) is 4.02. The van der Waals surface area contributed by atoms with E-state index in [2.05, 4.69) is 48.3 Å². The van der Waals surface area contributed by atoms with Crippen molar-refractivity contribution < 1.29 is 4.74 Å². The number of likely N-dealkylation sites (N-methyl/N-ethyl adjacent to an activating group) is 1. The first-order valence-corrected chi connectivity index (χ1v) is 8.47. The van der Waals surface area contributed by atoms with Gasteiger partial charge < -0.3 is 15.0 Å². The quantitative estimate of drug-likeness (QED) is 0.638. The Kier molecular flexibility index (Phi) is 9.02. The summed E-state index contributed by atoms with van der Waals surface area (Å²) in [4.78, 5) is 6.94. The summed E-state index contributed by atoms with van der Waals surface area (Å²) in [5.74, 6) is 0.679. The molecular weight excluding hydrogens is 270 g/mol. The molecule has 0 fully saturated rings. The third-order valence-electron chi connectivity index (χ3n) is 3.12. The molecule has 4 nitrogen and oxygen atoms in total. The van der Waals surface area contributed by atoms with Crippen LogP contribution in [0.25, 0.3) is 0 Å². The minimum atomic E-state index is 0.627. The van der Waals surface area contributed by atoms with Gasteiger partial charge in [-0.3, -0.25) is 0 Å². The number of hydrogen-bond acceptors (Lipinski definition) is 5. The first-order chi connectivity index (χ1) is 9.65. The summed E-state index contributed by atoms with van der Waals surface area (Å²) in [6.07, 6.45) is 0. The van der Waals surface area contributed by atoms with Crippen molar-refractivity contribution in [1.29, 1.82) is 0 Å². The number of nitrogens with zero attached hydrogens (tertiary/aromatic N) is 2. The highest BCUT2D eigenvalue weighted by Crippen LogP contribution is 2.10. The second-order valence-corrected chi connectivity index (χ2v) is 6.28. The summed E-state index contributed by atoms with van der Waals surface area (Å²) >= 11 is 1.71. The molecule has 0 aliphatic rings. The van der Waals surface area contributed by atoms with Crippen LogP contribution in [0.1, 0.15) is 38.4 Å². The fraction of sp³-hybridized carbons (Fsp3) is 0.800. The Morgan fingerprint density at radius 1 is 1.35 bits per heavy atom. The van der Waals surface area contributed by atoms with E-state index in [1.807, 2.05) is 0 Å². The van der Waals surface area contributed by atoms with Crippen LogP contribution in [0.4, 0.5) is 0 Å². The van der Waals surface area contributed by atoms with E-state index >= 15 is 0 Å². The molecule has 1 N–H and O–H groups in total. The Balaban J connectivity index is 2.17. The predicted molar refractivity (Wildman–Crippen MR) is 86.1 cm³/mol. The van der Waals surface area contributed by atoms with Crippen molar-refractivity contribution in [2.24, 2.45) is 5.92 Å². The van der Waals surface area contributed by atoms with Gasteiger partial charge in [-0.1, -0.05) is 27.7 Å². The van der Waals surface area contributed by atoms with Crippen LogP contribution in [-0.4, -0.2) is 42.7 Å². The lowest BCUT2D eigenvalue weighted by atomic mass is 10.2. The summed E-state index contributed by atoms with van der Waals surface area (Å²) in [6, 6.07) is 0. The van der Waals surface area contributed by atoms with Crippen LogP contribution >= 0.6 is 11.3 Å². The topological polar surface area (TPSA) is 37.4 Å². The van der Waals surface area contributed by atoms with E-state index in [4.69, 9.17) is 4.74 Å². The molecule has 116 valence electrons. The number of aromatic nitrogens is 1. The Bertz CT molecular complexity index is 351. The lowest BCUT2D eigenvalue weighted by Crippen LogP contribution is -2.27. The maximum Gasteiger partial charge on any atom is 0.107 e. The SMILES string of the molecule is CCN(CC)CCOCc1csc(CNCC(C)C)n1. The largest absolute Gasteiger partial charge is 0.374 e. The van der Waals surface area contributed by atoms with Gasteiger partial charge in [-0.15, -0.1) is 11.3 Å². The Hall–Kier alpha value is -0.490. The first kappa shape index (κ1) is 17.6. The smallest absolute Gasteiger partial charge is 0.107 e. The Labute approximate surface area is 127 Å². The van der Waals surface area contributed by atoms with Crippen molar-refractivity contribution in [3.63, 3.8) is 0 Å². The summed E-state index contributed by atoms with van der Waals surface area (Å²) in [7, 11) is 0. The van der Waals surface area contributed by atoms with Gasteiger partial charge in [0.1, 0.15) is 5.01 Å². The highest BCUT2D eigenvalue weighted by Gasteiger charge is 2.03. The number of thiazole rings is 1. The van der Waals surface area contributed by atoms with E-state index in [-0.39, 0.29) is 0 Å². The van der Waals surface area contributed by atoms with Gasteiger partial charge in [0, 0.05) is 18.5 Å². The van der Waals surface area contributed by atoms with Crippen LogP contribution in [0, 0.1) is 5.92 Å². The molecule has 0 radical (unpaired) electrons. The van der Waals surface area contributed by atoms with Gasteiger partial charge in [-0.25, -0.2) is 4.98 Å². The normalized spacial score (nSPS) is 11.7. The summed E-state index contributed by atoms with van der Waals surface area (Å²) < 4.78 is 5.69. The molecule has 1 rings (SSSR count). The summed E-state index contributed by atoms with van der Waals surface area (Å²) in [6.45, 7) is 15.3. The van der Waals surface area contributed by atoms with Gasteiger partial charge >= 0.3 is 0 Å². The van der Waals surface area contributed by atoms with Crippen LogP contribution in [0.3, 0.4) is 0 Å². The molecule has 0 aliphatic carbocycles. The average molecular weight is 299 g/mol. The third kappa shape index (κ3) is 7.33. The molecule has 1 heterocycles. The van der Waals surface area contributed by atoms with Gasteiger partial charge in [0.2, 0.25) is 0 Å². The maximum absolute atomic E-state index is 5.69. The maximum atomic E-state index is 5.69. The zero-order valence-corrected chi connectivity index (χ0v) is 14.1. The van der Waals surface area contributed by atoms with Crippen molar-refractivity contribution >= 4 is 11.3 Å². The molecule has 1 aromatic heterocycles. The Morgan fingerprint density at radius 3 is 2.75 bits per heavy atom. The number of hydrogen-bond donors (Lipinski definition) is 1. The lowest BCUT2D eigenvalue weighted by Gasteiger charge is -2.17. The summed E-state index contributed by atoms with van der Waals surface area (Å²) in [5.41, 5.74) is 1.05. The second-order valence-electron chi connectivity index (χ2n) is 5.34. The molecule has 0 amide bonds. The molecule has 1 aromatic rings. The van der Waals surface area contributed by atoms with Crippen molar-refractivity contribution in [3.8, 4) is 0 Å². The molecule has 0 aliphatic heterocycles. The first-order valence-electron chi connectivity index (χ1n) is 7.59. The average Bonchev–Trinajstić information content (AvgIpc) is 2.86. The van der Waals surface area contributed by atoms with Crippen LogP contribution in [-0.2, 0) is 17.9 Å². The predicted octanol–water partition coefficient (Wildman–Crippen LogP) is 2.75. The van der Waals surface area contributed by atoms with Gasteiger partial charge in [-0.2, -0.15) is 0 Å². The highest BCUT2D eigenvalue weighted by molar-refractivity contribution is 7.09. The van der Waals surface area contributed by atoms with E-state index in [1.165, 1.54) is 0 Å². The fourth-order valence-electron chi connectivity index (χ4n) is 1.87. The molecule has 0 saturated carbocycles. The van der Waals surface area contributed by atoms with Crippen LogP contribution < -0.4 is 5.32 Å². The van der Waals surface area contributed by atoms with E-state index in [0.29, 0.717) is 12.5 Å². The highest BCUT2D eigenvalue weighted by atomic mass is 32.1. The van der Waals surface area contributed by atoms with Crippen molar-refractivity contribution in [2.45, 2.75) is 40.8 Å². The lowest BCUT2D eigenvalue weighted by molar-refractivity contribution is 0.0938. The van der Waals surface area contributed by atoms with Crippen molar-refractivity contribution in [1.82, 2.24) is 15.2 Å². The van der Waals surface area contributed by atoms with E-state index in [0.717, 1.165) is 50.0 Å². The molecule has 0 bridgehead atoms. The molecule has 20 heavy (non-hydrogen) atoms. The standard InChI is InChI=1S/C15H29N3OS/c1-5-18(6-2)7-8-19-11-14-12-20-15(17-14)10-16-9-13(3)4/h12-13,16H,5-11H2,1-4H3. The van der Waals surface area contributed by atoms with Gasteiger partial charge in [0.15, 0.2) is 0 Å². The van der Waals surface area contributed by atoms with E-state index in [9.17, 15) is 0 Å².